The number of anilines is 3. The zero-order valence-electron chi connectivity index (χ0n) is 14.3. The lowest BCUT2D eigenvalue weighted by Crippen LogP contribution is -2.37. The highest BCUT2D eigenvalue weighted by molar-refractivity contribution is 5.55. The Hall–Kier alpha value is -2.22. The van der Waals surface area contributed by atoms with Crippen LogP contribution in [-0.2, 0) is 11.3 Å². The molecule has 2 aromatic rings. The first kappa shape index (κ1) is 17.6. The second-order valence-electron chi connectivity index (χ2n) is 5.98. The second kappa shape index (κ2) is 9.31. The number of nitrogens with one attached hydrogen (secondary N) is 2. The summed E-state index contributed by atoms with van der Waals surface area (Å²) in [5, 5.41) is 15.7. The number of nitrogens with zero attached hydrogens (tertiary/aromatic N) is 3. The minimum atomic E-state index is 0.0150. The number of hydrogen-bond donors (Lipinski definition) is 3. The van der Waals surface area contributed by atoms with Crippen LogP contribution in [0.5, 0.6) is 0 Å². The molecule has 0 aliphatic carbocycles. The molecule has 1 aromatic carbocycles. The lowest BCUT2D eigenvalue weighted by molar-refractivity contribution is 0.0378. The number of morpholine rings is 1. The van der Waals surface area contributed by atoms with E-state index in [-0.39, 0.29) is 6.61 Å². The van der Waals surface area contributed by atoms with Gasteiger partial charge in [-0.2, -0.15) is 4.98 Å². The molecule has 3 N–H and O–H groups in total. The summed E-state index contributed by atoms with van der Waals surface area (Å²) in [5.41, 5.74) is 1.71. The molecule has 0 spiro atoms. The minimum absolute atomic E-state index is 0.0150. The summed E-state index contributed by atoms with van der Waals surface area (Å²) in [4.78, 5) is 11.1. The Labute approximate surface area is 148 Å². The van der Waals surface area contributed by atoms with E-state index in [4.69, 9.17) is 4.74 Å². The molecule has 0 saturated carbocycles. The molecule has 0 atom stereocenters. The molecule has 7 heteroatoms. The molecule has 0 unspecified atom stereocenters. The summed E-state index contributed by atoms with van der Waals surface area (Å²) in [6.45, 7) is 5.68. The highest BCUT2D eigenvalue weighted by Gasteiger charge is 2.09. The summed E-state index contributed by atoms with van der Waals surface area (Å²) in [7, 11) is 0. The molecule has 1 aliphatic heterocycles. The average molecular weight is 343 g/mol. The molecule has 7 nitrogen and oxygen atoms in total. The van der Waals surface area contributed by atoms with Crippen LogP contribution in [0.3, 0.4) is 0 Å². The third kappa shape index (κ3) is 5.67. The SMILES string of the molecule is OCc1cccc(Nc2nccc(NCCCN3CCOCC3)n2)c1. The van der Waals surface area contributed by atoms with Crippen LogP contribution in [-0.4, -0.2) is 59.4 Å². The number of aliphatic hydroxyl groups excluding tert-OH is 1. The van der Waals surface area contributed by atoms with Gasteiger partial charge in [-0.25, -0.2) is 4.98 Å². The van der Waals surface area contributed by atoms with Gasteiger partial charge in [0.1, 0.15) is 5.82 Å². The van der Waals surface area contributed by atoms with E-state index in [9.17, 15) is 5.11 Å². The number of aromatic nitrogens is 2. The summed E-state index contributed by atoms with van der Waals surface area (Å²) in [6.07, 6.45) is 2.79. The van der Waals surface area contributed by atoms with E-state index in [1.807, 2.05) is 30.3 Å². The Balaban J connectivity index is 1.47. The lowest BCUT2D eigenvalue weighted by Gasteiger charge is -2.26. The molecular formula is C18H25N5O2. The number of benzene rings is 1. The van der Waals surface area contributed by atoms with Crippen molar-refractivity contribution in [3.63, 3.8) is 0 Å². The van der Waals surface area contributed by atoms with Crippen LogP contribution < -0.4 is 10.6 Å². The Kier molecular flexibility index (Phi) is 6.55. The first-order valence-corrected chi connectivity index (χ1v) is 8.67. The van der Waals surface area contributed by atoms with Crippen LogP contribution in [0.1, 0.15) is 12.0 Å². The van der Waals surface area contributed by atoms with Gasteiger partial charge >= 0.3 is 0 Å². The number of aliphatic hydroxyl groups is 1. The Bertz CT molecular complexity index is 661. The van der Waals surface area contributed by atoms with Gasteiger partial charge in [0.25, 0.3) is 0 Å². The van der Waals surface area contributed by atoms with E-state index in [1.165, 1.54) is 0 Å². The maximum absolute atomic E-state index is 9.21. The van der Waals surface area contributed by atoms with Crippen molar-refractivity contribution in [3.8, 4) is 0 Å². The molecule has 0 bridgehead atoms. The smallest absolute Gasteiger partial charge is 0.229 e. The zero-order valence-corrected chi connectivity index (χ0v) is 14.3. The number of ether oxygens (including phenoxy) is 1. The van der Waals surface area contributed by atoms with Crippen molar-refractivity contribution >= 4 is 17.5 Å². The normalized spacial score (nSPS) is 15.1. The van der Waals surface area contributed by atoms with Crippen LogP contribution in [0.25, 0.3) is 0 Å². The Morgan fingerprint density at radius 2 is 2.08 bits per heavy atom. The topological polar surface area (TPSA) is 82.5 Å². The van der Waals surface area contributed by atoms with E-state index in [0.29, 0.717) is 5.95 Å². The predicted octanol–water partition coefficient (Wildman–Crippen LogP) is 1.85. The monoisotopic (exact) mass is 343 g/mol. The van der Waals surface area contributed by atoms with Gasteiger partial charge in [0.2, 0.25) is 5.95 Å². The van der Waals surface area contributed by atoms with Crippen LogP contribution in [0, 0.1) is 0 Å². The first-order chi connectivity index (χ1) is 12.3. The largest absolute Gasteiger partial charge is 0.392 e. The molecular weight excluding hydrogens is 318 g/mol. The van der Waals surface area contributed by atoms with Gasteiger partial charge in [0.15, 0.2) is 0 Å². The third-order valence-corrected chi connectivity index (χ3v) is 4.08. The fraction of sp³-hybridized carbons (Fsp3) is 0.444. The quantitative estimate of drug-likeness (QED) is 0.631. The maximum Gasteiger partial charge on any atom is 0.229 e. The first-order valence-electron chi connectivity index (χ1n) is 8.67. The number of rotatable bonds is 8. The van der Waals surface area contributed by atoms with Crippen molar-refractivity contribution < 1.29 is 9.84 Å². The van der Waals surface area contributed by atoms with Gasteiger partial charge in [-0.05, 0) is 36.7 Å². The zero-order chi connectivity index (χ0) is 17.3. The lowest BCUT2D eigenvalue weighted by atomic mass is 10.2. The van der Waals surface area contributed by atoms with Gasteiger partial charge in [0, 0.05) is 31.5 Å². The fourth-order valence-electron chi connectivity index (χ4n) is 2.74. The summed E-state index contributed by atoms with van der Waals surface area (Å²) in [6, 6.07) is 9.43. The molecule has 134 valence electrons. The molecule has 1 fully saturated rings. The van der Waals surface area contributed by atoms with E-state index in [0.717, 1.165) is 62.9 Å². The Morgan fingerprint density at radius 1 is 1.20 bits per heavy atom. The van der Waals surface area contributed by atoms with Crippen molar-refractivity contribution in [1.29, 1.82) is 0 Å². The summed E-state index contributed by atoms with van der Waals surface area (Å²) in [5.74, 6) is 1.34. The second-order valence-corrected chi connectivity index (χ2v) is 5.98. The molecule has 1 aromatic heterocycles. The number of hydrogen-bond acceptors (Lipinski definition) is 7. The fourth-order valence-corrected chi connectivity index (χ4v) is 2.74. The van der Waals surface area contributed by atoms with Crippen molar-refractivity contribution in [2.45, 2.75) is 13.0 Å². The molecule has 0 amide bonds. The summed E-state index contributed by atoms with van der Waals surface area (Å²) < 4.78 is 5.36. The average Bonchev–Trinajstić information content (AvgIpc) is 2.67. The third-order valence-electron chi connectivity index (χ3n) is 4.08. The molecule has 0 radical (unpaired) electrons. The van der Waals surface area contributed by atoms with E-state index < -0.39 is 0 Å². The molecule has 3 rings (SSSR count). The van der Waals surface area contributed by atoms with Crippen molar-refractivity contribution in [3.05, 3.63) is 42.1 Å². The summed E-state index contributed by atoms with van der Waals surface area (Å²) >= 11 is 0. The molecule has 25 heavy (non-hydrogen) atoms. The molecule has 1 aliphatic rings. The molecule has 1 saturated heterocycles. The van der Waals surface area contributed by atoms with Crippen LogP contribution in [0.4, 0.5) is 17.5 Å². The van der Waals surface area contributed by atoms with Crippen LogP contribution in [0.2, 0.25) is 0 Å². The van der Waals surface area contributed by atoms with Gasteiger partial charge in [-0.1, -0.05) is 12.1 Å². The van der Waals surface area contributed by atoms with Gasteiger partial charge in [-0.3, -0.25) is 4.90 Å². The predicted molar refractivity (Wildman–Crippen MR) is 98.0 cm³/mol. The van der Waals surface area contributed by atoms with E-state index in [1.54, 1.807) is 6.20 Å². The van der Waals surface area contributed by atoms with E-state index in [2.05, 4.69) is 25.5 Å². The highest BCUT2D eigenvalue weighted by atomic mass is 16.5. The highest BCUT2D eigenvalue weighted by Crippen LogP contribution is 2.16. The van der Waals surface area contributed by atoms with E-state index >= 15 is 0 Å². The van der Waals surface area contributed by atoms with Gasteiger partial charge in [-0.15, -0.1) is 0 Å². The van der Waals surface area contributed by atoms with Crippen LogP contribution in [0.15, 0.2) is 36.5 Å². The van der Waals surface area contributed by atoms with Crippen molar-refractivity contribution in [2.24, 2.45) is 0 Å². The standard InChI is InChI=1S/C18H25N5O2/c24-14-15-3-1-4-16(13-15)21-18-20-7-5-17(22-18)19-6-2-8-23-9-11-25-12-10-23/h1,3-5,7,13,24H,2,6,8-12,14H2,(H2,19,20,21,22). The van der Waals surface area contributed by atoms with Crippen LogP contribution >= 0.6 is 0 Å². The van der Waals surface area contributed by atoms with Crippen molar-refractivity contribution in [1.82, 2.24) is 14.9 Å². The Morgan fingerprint density at radius 3 is 2.92 bits per heavy atom. The van der Waals surface area contributed by atoms with Gasteiger partial charge in [0.05, 0.1) is 19.8 Å². The van der Waals surface area contributed by atoms with Gasteiger partial charge < -0.3 is 20.5 Å². The maximum atomic E-state index is 9.21. The van der Waals surface area contributed by atoms with Crippen molar-refractivity contribution in [2.75, 3.05) is 50.0 Å². The molecule has 2 heterocycles. The minimum Gasteiger partial charge on any atom is -0.392 e.